The fraction of sp³-hybridized carbons (Fsp3) is 0.500. The highest BCUT2D eigenvalue weighted by atomic mass is 16.6. The maximum atomic E-state index is 12.6. The highest BCUT2D eigenvalue weighted by Crippen LogP contribution is 2.24. The number of carbonyl (C=O) groups is 2. The van der Waals surface area contributed by atoms with Crippen molar-refractivity contribution >= 4 is 28.7 Å². The number of nitrogen functional groups attached to an aromatic ring is 1. The lowest BCUT2D eigenvalue weighted by atomic mass is 9.93. The lowest BCUT2D eigenvalue weighted by Gasteiger charge is -2.29. The van der Waals surface area contributed by atoms with Crippen LogP contribution in [-0.4, -0.2) is 42.1 Å². The Morgan fingerprint density at radius 2 is 1.90 bits per heavy atom. The zero-order valence-corrected chi connectivity index (χ0v) is 17.6. The Kier molecular flexibility index (Phi) is 6.45. The molecule has 1 aliphatic carbocycles. The number of fused-ring (bicyclic) bond motifs is 1. The van der Waals surface area contributed by atoms with Crippen LogP contribution in [0, 0.1) is 5.41 Å². The van der Waals surface area contributed by atoms with E-state index in [2.05, 4.69) is 5.32 Å². The molecule has 3 rings (SSSR count). The van der Waals surface area contributed by atoms with Gasteiger partial charge >= 0.3 is 5.97 Å². The minimum absolute atomic E-state index is 0.0122. The van der Waals surface area contributed by atoms with E-state index >= 15 is 0 Å². The number of furan rings is 1. The van der Waals surface area contributed by atoms with Crippen LogP contribution in [0.15, 0.2) is 28.7 Å². The van der Waals surface area contributed by atoms with Crippen LogP contribution in [0.1, 0.15) is 62.6 Å². The maximum absolute atomic E-state index is 12.6. The van der Waals surface area contributed by atoms with E-state index in [1.165, 1.54) is 0 Å². The zero-order valence-electron chi connectivity index (χ0n) is 17.6. The van der Waals surface area contributed by atoms with E-state index in [1.54, 1.807) is 24.3 Å². The Bertz CT molecular complexity index is 936. The lowest BCUT2D eigenvalue weighted by molar-refractivity contribution is -0.162. The van der Waals surface area contributed by atoms with Crippen molar-refractivity contribution in [3.63, 3.8) is 0 Å². The summed E-state index contributed by atoms with van der Waals surface area (Å²) in [6.45, 7) is 5.41. The largest absolute Gasteiger partial charge is 0.458 e. The highest BCUT2D eigenvalue weighted by molar-refractivity contribution is 6.00. The molecule has 1 aliphatic rings. The summed E-state index contributed by atoms with van der Waals surface area (Å²) in [5.41, 5.74) is 6.14. The van der Waals surface area contributed by atoms with Gasteiger partial charge in [0.15, 0.2) is 5.76 Å². The molecule has 1 amide bonds. The van der Waals surface area contributed by atoms with Gasteiger partial charge in [0.05, 0.1) is 6.10 Å². The summed E-state index contributed by atoms with van der Waals surface area (Å²) in [4.78, 5) is 24.3. The number of ether oxygens (including phenoxy) is 2. The summed E-state index contributed by atoms with van der Waals surface area (Å²) in [7, 11) is 0. The molecule has 8 nitrogen and oxygen atoms in total. The van der Waals surface area contributed by atoms with Crippen LogP contribution in [-0.2, 0) is 14.3 Å². The van der Waals surface area contributed by atoms with Crippen molar-refractivity contribution in [1.29, 1.82) is 5.41 Å². The van der Waals surface area contributed by atoms with Crippen LogP contribution >= 0.6 is 0 Å². The van der Waals surface area contributed by atoms with Crippen LogP contribution in [0.5, 0.6) is 0 Å². The van der Waals surface area contributed by atoms with E-state index in [1.807, 2.05) is 20.8 Å². The number of hydrogen-bond acceptors (Lipinski definition) is 6. The predicted molar refractivity (Wildman–Crippen MR) is 113 cm³/mol. The number of amides is 1. The molecule has 30 heavy (non-hydrogen) atoms. The molecule has 0 saturated heterocycles. The van der Waals surface area contributed by atoms with Gasteiger partial charge in [-0.05, 0) is 70.7 Å². The monoisotopic (exact) mass is 415 g/mol. The number of rotatable bonds is 6. The van der Waals surface area contributed by atoms with E-state index in [0.717, 1.165) is 31.1 Å². The third-order valence-electron chi connectivity index (χ3n) is 4.92. The number of benzene rings is 1. The summed E-state index contributed by atoms with van der Waals surface area (Å²) in [5, 5.41) is 11.2. The SMILES string of the molecule is CC(C)(C)OC(=O)COC1CCC(NC(=O)c2cc3cc(C(=N)N)ccc3o2)CC1. The first-order valence-electron chi connectivity index (χ1n) is 10.1. The quantitative estimate of drug-likeness (QED) is 0.378. The van der Waals surface area contributed by atoms with Gasteiger partial charge in [0.25, 0.3) is 5.91 Å². The van der Waals surface area contributed by atoms with E-state index in [-0.39, 0.29) is 42.2 Å². The standard InChI is InChI=1S/C22H29N3O5/c1-22(2,3)30-19(26)12-28-16-7-5-15(6-8-16)25-21(27)18-11-14-10-13(20(23)24)4-9-17(14)29-18/h4,9-11,15-16H,5-8,12H2,1-3H3,(H3,23,24)(H,25,27). The number of hydrogen-bond donors (Lipinski definition) is 3. The Balaban J connectivity index is 1.48. The minimum atomic E-state index is -0.521. The Labute approximate surface area is 175 Å². The van der Waals surface area contributed by atoms with E-state index < -0.39 is 5.60 Å². The number of nitrogens with one attached hydrogen (secondary N) is 2. The lowest BCUT2D eigenvalue weighted by Crippen LogP contribution is -2.39. The topological polar surface area (TPSA) is 128 Å². The van der Waals surface area contributed by atoms with Gasteiger partial charge in [-0.25, -0.2) is 4.79 Å². The number of carbonyl (C=O) groups excluding carboxylic acids is 2. The minimum Gasteiger partial charge on any atom is -0.458 e. The maximum Gasteiger partial charge on any atom is 0.332 e. The van der Waals surface area contributed by atoms with Crippen LogP contribution in [0.2, 0.25) is 0 Å². The molecule has 0 unspecified atom stereocenters. The second-order valence-corrected chi connectivity index (χ2v) is 8.62. The van der Waals surface area contributed by atoms with Gasteiger partial charge in [0.2, 0.25) is 0 Å². The molecule has 1 aromatic carbocycles. The average Bonchev–Trinajstić information content (AvgIpc) is 3.09. The molecule has 8 heteroatoms. The van der Waals surface area contributed by atoms with E-state index in [9.17, 15) is 9.59 Å². The zero-order chi connectivity index (χ0) is 21.9. The van der Waals surface area contributed by atoms with Gasteiger partial charge in [0.1, 0.15) is 23.6 Å². The molecule has 4 N–H and O–H groups in total. The molecule has 0 spiro atoms. The fourth-order valence-corrected chi connectivity index (χ4v) is 3.51. The second kappa shape index (κ2) is 8.87. The second-order valence-electron chi connectivity index (χ2n) is 8.62. The first-order valence-corrected chi connectivity index (χ1v) is 10.1. The van der Waals surface area contributed by atoms with E-state index in [4.69, 9.17) is 25.0 Å². The summed E-state index contributed by atoms with van der Waals surface area (Å²) < 4.78 is 16.5. The molecule has 1 heterocycles. The third kappa shape index (κ3) is 5.82. The summed E-state index contributed by atoms with van der Waals surface area (Å²) >= 11 is 0. The number of nitrogens with two attached hydrogens (primary N) is 1. The van der Waals surface area contributed by atoms with Crippen molar-refractivity contribution < 1.29 is 23.5 Å². The van der Waals surface area contributed by atoms with Crippen molar-refractivity contribution in [2.75, 3.05) is 6.61 Å². The van der Waals surface area contributed by atoms with Crippen LogP contribution in [0.3, 0.4) is 0 Å². The first kappa shape index (κ1) is 21.8. The predicted octanol–water partition coefficient (Wildman–Crippen LogP) is 3.12. The Morgan fingerprint density at radius 3 is 2.53 bits per heavy atom. The van der Waals surface area contributed by atoms with Crippen molar-refractivity contribution in [3.05, 3.63) is 35.6 Å². The molecule has 1 fully saturated rings. The summed E-state index contributed by atoms with van der Waals surface area (Å²) in [6.07, 6.45) is 3.03. The normalized spacial score (nSPS) is 19.4. The van der Waals surface area contributed by atoms with Gasteiger partial charge in [-0.2, -0.15) is 0 Å². The van der Waals surface area contributed by atoms with Gasteiger partial charge in [-0.1, -0.05) is 0 Å². The van der Waals surface area contributed by atoms with Gasteiger partial charge in [-0.3, -0.25) is 10.2 Å². The van der Waals surface area contributed by atoms with Crippen molar-refractivity contribution in [2.24, 2.45) is 5.73 Å². The van der Waals surface area contributed by atoms with Crippen LogP contribution < -0.4 is 11.1 Å². The first-order chi connectivity index (χ1) is 14.1. The van der Waals surface area contributed by atoms with E-state index in [0.29, 0.717) is 11.1 Å². The number of amidine groups is 1. The molecular weight excluding hydrogens is 386 g/mol. The van der Waals surface area contributed by atoms with Crippen LogP contribution in [0.4, 0.5) is 0 Å². The molecule has 0 atom stereocenters. The third-order valence-corrected chi connectivity index (χ3v) is 4.92. The molecule has 0 aliphatic heterocycles. The highest BCUT2D eigenvalue weighted by Gasteiger charge is 2.25. The van der Waals surface area contributed by atoms with Crippen molar-refractivity contribution in [1.82, 2.24) is 5.32 Å². The number of esters is 1. The summed E-state index contributed by atoms with van der Waals surface area (Å²) in [5.74, 6) is -0.437. The van der Waals surface area contributed by atoms with Gasteiger partial charge in [-0.15, -0.1) is 0 Å². The molecule has 0 radical (unpaired) electrons. The molecule has 162 valence electrons. The molecule has 0 bridgehead atoms. The Morgan fingerprint density at radius 1 is 1.20 bits per heavy atom. The fourth-order valence-electron chi connectivity index (χ4n) is 3.51. The van der Waals surface area contributed by atoms with Crippen molar-refractivity contribution in [3.8, 4) is 0 Å². The molecule has 2 aromatic rings. The average molecular weight is 415 g/mol. The van der Waals surface area contributed by atoms with Gasteiger partial charge in [0, 0.05) is 17.0 Å². The van der Waals surface area contributed by atoms with Crippen molar-refractivity contribution in [2.45, 2.75) is 64.2 Å². The Hall–Kier alpha value is -2.87. The van der Waals surface area contributed by atoms with Crippen LogP contribution in [0.25, 0.3) is 11.0 Å². The smallest absolute Gasteiger partial charge is 0.332 e. The molecule has 1 saturated carbocycles. The van der Waals surface area contributed by atoms with Gasteiger partial charge < -0.3 is 24.9 Å². The molecule has 1 aromatic heterocycles. The summed E-state index contributed by atoms with van der Waals surface area (Å²) in [6, 6.07) is 6.81. The molecular formula is C22H29N3O5.